The second-order valence-corrected chi connectivity index (χ2v) is 8.03. The van der Waals surface area contributed by atoms with Gasteiger partial charge in [0.15, 0.2) is 0 Å². The predicted octanol–water partition coefficient (Wildman–Crippen LogP) is 4.16. The first kappa shape index (κ1) is 15.9. The van der Waals surface area contributed by atoms with Crippen molar-refractivity contribution in [2.45, 2.75) is 54.0 Å². The van der Waals surface area contributed by atoms with Crippen molar-refractivity contribution in [3.05, 3.63) is 11.9 Å². The predicted molar refractivity (Wildman–Crippen MR) is 70.7 cm³/mol. The van der Waals surface area contributed by atoms with Gasteiger partial charge in [-0.3, -0.25) is 4.57 Å². The largest absolute Gasteiger partial charge is 0.315 e. The zero-order valence-electron chi connectivity index (χ0n) is 11.6. The highest BCUT2D eigenvalue weighted by Gasteiger charge is 2.26. The maximum atomic E-state index is 12.5. The fourth-order valence-electron chi connectivity index (χ4n) is 1.09. The Labute approximate surface area is 100 Å². The Morgan fingerprint density at radius 3 is 2.00 bits per heavy atom. The van der Waals surface area contributed by atoms with Crippen LogP contribution in [0, 0.1) is 5.41 Å². The van der Waals surface area contributed by atoms with Gasteiger partial charge in [0.05, 0.1) is 6.61 Å². The third kappa shape index (κ3) is 8.09. The third-order valence-corrected chi connectivity index (χ3v) is 3.75. The Bertz CT molecular complexity index is 284. The van der Waals surface area contributed by atoms with Crippen LogP contribution in [0.25, 0.3) is 0 Å². The molecule has 1 atom stereocenters. The van der Waals surface area contributed by atoms with Crippen LogP contribution >= 0.6 is 7.52 Å². The zero-order valence-corrected chi connectivity index (χ0v) is 12.5. The van der Waals surface area contributed by atoms with E-state index in [1.54, 1.807) is 5.82 Å². The van der Waals surface area contributed by atoms with Crippen LogP contribution < -0.4 is 5.09 Å². The smallest absolute Gasteiger partial charge is 0.292 e. The summed E-state index contributed by atoms with van der Waals surface area (Å²) >= 11 is 0. The van der Waals surface area contributed by atoms with Crippen LogP contribution in [0.1, 0.15) is 48.5 Å². The van der Waals surface area contributed by atoms with E-state index in [1.807, 2.05) is 33.8 Å². The molecule has 1 N–H and O–H groups in total. The monoisotopic (exact) mass is 247 g/mol. The molecule has 0 heterocycles. The molecule has 3 nitrogen and oxygen atoms in total. The van der Waals surface area contributed by atoms with E-state index in [2.05, 4.69) is 25.9 Å². The molecule has 0 aromatic heterocycles. The molecule has 0 saturated heterocycles. The molecule has 0 aromatic rings. The van der Waals surface area contributed by atoms with Gasteiger partial charge in [0.25, 0.3) is 7.52 Å². The first-order valence-electron chi connectivity index (χ1n) is 5.71. The molecule has 0 aliphatic carbocycles. The number of hydrogen-bond acceptors (Lipinski definition) is 2. The molecule has 0 amide bonds. The molecular weight excluding hydrogens is 221 g/mol. The van der Waals surface area contributed by atoms with Gasteiger partial charge < -0.3 is 4.52 Å². The highest BCUT2D eigenvalue weighted by molar-refractivity contribution is 7.60. The fraction of sp³-hybridized carbons (Fsp3) is 0.833. The average molecular weight is 247 g/mol. The van der Waals surface area contributed by atoms with E-state index in [-0.39, 0.29) is 11.0 Å². The summed E-state index contributed by atoms with van der Waals surface area (Å²) < 4.78 is 17.8. The molecule has 0 aliphatic heterocycles. The van der Waals surface area contributed by atoms with Gasteiger partial charge in [-0.25, -0.2) is 5.09 Å². The standard InChI is InChI=1S/C12H26NO2P/c1-8-15-16(14,13-12(5,6)7)10-9-11(2,3)4/h9-10H,8H2,1-7H3,(H,13,14)/b10-9-. The van der Waals surface area contributed by atoms with Gasteiger partial charge in [0, 0.05) is 11.4 Å². The maximum Gasteiger partial charge on any atom is 0.292 e. The van der Waals surface area contributed by atoms with Crippen LogP contribution in [0.4, 0.5) is 0 Å². The molecular formula is C12H26NO2P. The molecule has 0 saturated carbocycles. The Kier molecular flexibility index (Phi) is 5.45. The highest BCUT2D eigenvalue weighted by atomic mass is 31.2. The summed E-state index contributed by atoms with van der Waals surface area (Å²) in [6.07, 6.45) is 1.93. The Morgan fingerprint density at radius 1 is 1.19 bits per heavy atom. The van der Waals surface area contributed by atoms with Crippen molar-refractivity contribution < 1.29 is 9.09 Å². The lowest BCUT2D eigenvalue weighted by atomic mass is 9.98. The lowest BCUT2D eigenvalue weighted by molar-refractivity contribution is 0.318. The zero-order chi connectivity index (χ0) is 13.0. The van der Waals surface area contributed by atoms with Crippen molar-refractivity contribution in [1.29, 1.82) is 0 Å². The topological polar surface area (TPSA) is 38.3 Å². The molecule has 1 unspecified atom stereocenters. The van der Waals surface area contributed by atoms with Gasteiger partial charge in [-0.1, -0.05) is 26.8 Å². The Balaban J connectivity index is 4.85. The lowest BCUT2D eigenvalue weighted by Gasteiger charge is -2.26. The summed E-state index contributed by atoms with van der Waals surface area (Å²) in [6, 6.07) is 0. The minimum atomic E-state index is -2.87. The highest BCUT2D eigenvalue weighted by Crippen LogP contribution is 2.46. The molecule has 0 aliphatic rings. The lowest BCUT2D eigenvalue weighted by Crippen LogP contribution is -2.33. The van der Waals surface area contributed by atoms with Crippen molar-refractivity contribution in [2.24, 2.45) is 5.41 Å². The van der Waals surface area contributed by atoms with E-state index in [0.29, 0.717) is 6.61 Å². The minimum absolute atomic E-state index is 0.00628. The SMILES string of the molecule is CCOP(=O)(/C=C\C(C)(C)C)NC(C)(C)C. The van der Waals surface area contributed by atoms with Crippen molar-refractivity contribution in [2.75, 3.05) is 6.61 Å². The summed E-state index contributed by atoms with van der Waals surface area (Å²) in [5.41, 5.74) is -0.223. The molecule has 0 aromatic carbocycles. The van der Waals surface area contributed by atoms with Crippen LogP contribution in [-0.4, -0.2) is 12.1 Å². The average Bonchev–Trinajstić information content (AvgIpc) is 1.96. The quantitative estimate of drug-likeness (QED) is 0.758. The second-order valence-electron chi connectivity index (χ2n) is 6.06. The van der Waals surface area contributed by atoms with Gasteiger partial charge in [-0.2, -0.15) is 0 Å². The van der Waals surface area contributed by atoms with Crippen molar-refractivity contribution in [3.8, 4) is 0 Å². The van der Waals surface area contributed by atoms with Crippen LogP contribution in [0.2, 0.25) is 0 Å². The van der Waals surface area contributed by atoms with Crippen LogP contribution in [0.5, 0.6) is 0 Å². The van der Waals surface area contributed by atoms with Gasteiger partial charge in [-0.05, 0) is 33.1 Å². The first-order valence-corrected chi connectivity index (χ1v) is 7.41. The van der Waals surface area contributed by atoms with Gasteiger partial charge in [-0.15, -0.1) is 0 Å². The van der Waals surface area contributed by atoms with Crippen molar-refractivity contribution >= 4 is 7.52 Å². The first-order chi connectivity index (χ1) is 6.97. The fourth-order valence-corrected chi connectivity index (χ4v) is 3.28. The molecule has 0 radical (unpaired) electrons. The Hall–Kier alpha value is -0.110. The van der Waals surface area contributed by atoms with Crippen molar-refractivity contribution in [3.63, 3.8) is 0 Å². The van der Waals surface area contributed by atoms with Gasteiger partial charge >= 0.3 is 0 Å². The number of hydrogen-bond donors (Lipinski definition) is 1. The number of nitrogens with one attached hydrogen (secondary N) is 1. The van der Waals surface area contributed by atoms with Crippen LogP contribution in [0.15, 0.2) is 11.9 Å². The minimum Gasteiger partial charge on any atom is -0.315 e. The van der Waals surface area contributed by atoms with E-state index >= 15 is 0 Å². The third-order valence-electron chi connectivity index (χ3n) is 1.58. The normalized spacial score (nSPS) is 17.7. The van der Waals surface area contributed by atoms with E-state index in [9.17, 15) is 4.57 Å². The molecule has 16 heavy (non-hydrogen) atoms. The van der Waals surface area contributed by atoms with E-state index in [0.717, 1.165) is 0 Å². The Morgan fingerprint density at radius 2 is 1.69 bits per heavy atom. The van der Waals surface area contributed by atoms with E-state index in [4.69, 9.17) is 4.52 Å². The van der Waals surface area contributed by atoms with E-state index in [1.165, 1.54) is 0 Å². The molecule has 4 heteroatoms. The molecule has 96 valence electrons. The summed E-state index contributed by atoms with van der Waals surface area (Å²) in [5, 5.41) is 3.05. The summed E-state index contributed by atoms with van der Waals surface area (Å²) in [4.78, 5) is 0. The second kappa shape index (κ2) is 5.48. The molecule has 0 fully saturated rings. The van der Waals surface area contributed by atoms with Crippen LogP contribution in [0.3, 0.4) is 0 Å². The maximum absolute atomic E-state index is 12.5. The van der Waals surface area contributed by atoms with Gasteiger partial charge in [0.2, 0.25) is 0 Å². The number of rotatable bonds is 4. The molecule has 0 bridgehead atoms. The molecule has 0 rings (SSSR count). The summed E-state index contributed by atoms with van der Waals surface area (Å²) in [7, 11) is -2.87. The van der Waals surface area contributed by atoms with E-state index < -0.39 is 7.52 Å². The summed E-state index contributed by atoms with van der Waals surface area (Å²) in [6.45, 7) is 14.4. The summed E-state index contributed by atoms with van der Waals surface area (Å²) in [5.74, 6) is 1.68. The van der Waals surface area contributed by atoms with Crippen molar-refractivity contribution in [1.82, 2.24) is 5.09 Å². The number of allylic oxidation sites excluding steroid dienone is 1. The van der Waals surface area contributed by atoms with Crippen LogP contribution in [-0.2, 0) is 9.09 Å². The van der Waals surface area contributed by atoms with Gasteiger partial charge in [0.1, 0.15) is 0 Å². The molecule has 0 spiro atoms.